The highest BCUT2D eigenvalue weighted by atomic mass is 79.9. The summed E-state index contributed by atoms with van der Waals surface area (Å²) in [6.07, 6.45) is 1.74. The second kappa shape index (κ2) is 3.15. The fourth-order valence-electron chi connectivity index (χ4n) is 1.20. The fraction of sp³-hybridized carbons (Fsp3) is 0. The van der Waals surface area contributed by atoms with Gasteiger partial charge in [-0.15, -0.1) is 0 Å². The number of hydrogen-bond donors (Lipinski definition) is 0. The minimum atomic E-state index is 0.639. The summed E-state index contributed by atoms with van der Waals surface area (Å²) in [5, 5.41) is 9.75. The highest BCUT2D eigenvalue weighted by Crippen LogP contribution is 2.25. The Morgan fingerprint density at radius 3 is 2.92 bits per heavy atom. The number of pyridine rings is 1. The zero-order chi connectivity index (χ0) is 9.26. The molecule has 0 aliphatic carbocycles. The van der Waals surface area contributed by atoms with Crippen LogP contribution in [0, 0.1) is 11.3 Å². The van der Waals surface area contributed by atoms with Crippen molar-refractivity contribution in [2.75, 3.05) is 0 Å². The van der Waals surface area contributed by atoms with Gasteiger partial charge in [0, 0.05) is 16.1 Å². The summed E-state index contributed by atoms with van der Waals surface area (Å²) in [5.74, 6) is 0. The molecular weight excluding hydrogens is 228 g/mol. The Hall–Kier alpha value is -1.40. The lowest BCUT2D eigenvalue weighted by Crippen LogP contribution is -1.82. The van der Waals surface area contributed by atoms with Gasteiger partial charge in [0.25, 0.3) is 0 Å². The molecular formula is C10H5BrN2. The third-order valence-corrected chi connectivity index (χ3v) is 2.69. The van der Waals surface area contributed by atoms with Gasteiger partial charge in [0.2, 0.25) is 0 Å². The van der Waals surface area contributed by atoms with Crippen LogP contribution in [-0.2, 0) is 0 Å². The molecule has 62 valence electrons. The van der Waals surface area contributed by atoms with Crippen molar-refractivity contribution in [3.8, 4) is 6.07 Å². The first kappa shape index (κ1) is 8.21. The summed E-state index contributed by atoms with van der Waals surface area (Å²) in [5.41, 5.74) is 1.54. The molecule has 0 amide bonds. The van der Waals surface area contributed by atoms with E-state index in [4.69, 9.17) is 5.26 Å². The van der Waals surface area contributed by atoms with E-state index in [1.807, 2.05) is 18.2 Å². The van der Waals surface area contributed by atoms with Crippen molar-refractivity contribution in [2.24, 2.45) is 0 Å². The van der Waals surface area contributed by atoms with Crippen molar-refractivity contribution in [1.29, 1.82) is 5.26 Å². The summed E-state index contributed by atoms with van der Waals surface area (Å²) < 4.78 is 0.820. The van der Waals surface area contributed by atoms with E-state index in [2.05, 4.69) is 27.0 Å². The van der Waals surface area contributed by atoms with Gasteiger partial charge >= 0.3 is 0 Å². The van der Waals surface area contributed by atoms with Crippen LogP contribution in [0.25, 0.3) is 10.9 Å². The molecule has 1 aromatic carbocycles. The number of nitriles is 1. The van der Waals surface area contributed by atoms with Crippen LogP contribution in [0.1, 0.15) is 5.56 Å². The highest BCUT2D eigenvalue weighted by Gasteiger charge is 2.03. The van der Waals surface area contributed by atoms with Crippen LogP contribution >= 0.6 is 15.9 Å². The van der Waals surface area contributed by atoms with Gasteiger partial charge in [-0.3, -0.25) is 4.98 Å². The number of hydrogen-bond acceptors (Lipinski definition) is 2. The quantitative estimate of drug-likeness (QED) is 0.701. The Morgan fingerprint density at radius 1 is 1.31 bits per heavy atom. The SMILES string of the molecule is N#Cc1ccc2ncccc2c1Br. The Bertz CT molecular complexity index is 500. The van der Waals surface area contributed by atoms with Crippen LogP contribution in [0.5, 0.6) is 0 Å². The predicted molar refractivity (Wildman–Crippen MR) is 54.2 cm³/mol. The first-order chi connectivity index (χ1) is 6.33. The molecule has 0 unspecified atom stereocenters. The van der Waals surface area contributed by atoms with Gasteiger partial charge < -0.3 is 0 Å². The Morgan fingerprint density at radius 2 is 2.15 bits per heavy atom. The largest absolute Gasteiger partial charge is 0.256 e. The minimum absolute atomic E-state index is 0.639. The molecule has 2 rings (SSSR count). The number of rotatable bonds is 0. The van der Waals surface area contributed by atoms with Crippen molar-refractivity contribution in [2.45, 2.75) is 0 Å². The molecule has 0 aliphatic heterocycles. The molecule has 0 atom stereocenters. The van der Waals surface area contributed by atoms with E-state index in [9.17, 15) is 0 Å². The average molecular weight is 233 g/mol. The van der Waals surface area contributed by atoms with Crippen LogP contribution < -0.4 is 0 Å². The van der Waals surface area contributed by atoms with Gasteiger partial charge in [0.1, 0.15) is 6.07 Å². The van der Waals surface area contributed by atoms with Crippen molar-refractivity contribution in [1.82, 2.24) is 4.98 Å². The third-order valence-electron chi connectivity index (χ3n) is 1.84. The van der Waals surface area contributed by atoms with Crippen LogP contribution in [0.4, 0.5) is 0 Å². The predicted octanol–water partition coefficient (Wildman–Crippen LogP) is 2.87. The second-order valence-electron chi connectivity index (χ2n) is 2.61. The summed E-state index contributed by atoms with van der Waals surface area (Å²) in [4.78, 5) is 4.18. The first-order valence-corrected chi connectivity index (χ1v) is 4.55. The zero-order valence-corrected chi connectivity index (χ0v) is 8.25. The molecule has 3 heteroatoms. The van der Waals surface area contributed by atoms with Crippen molar-refractivity contribution >= 4 is 26.8 Å². The van der Waals surface area contributed by atoms with E-state index in [0.29, 0.717) is 5.56 Å². The lowest BCUT2D eigenvalue weighted by atomic mass is 10.1. The van der Waals surface area contributed by atoms with Crippen molar-refractivity contribution in [3.05, 3.63) is 40.5 Å². The summed E-state index contributed by atoms with van der Waals surface area (Å²) in [6.45, 7) is 0. The average Bonchev–Trinajstić information content (AvgIpc) is 2.19. The van der Waals surface area contributed by atoms with Gasteiger partial charge in [-0.25, -0.2) is 0 Å². The molecule has 2 aromatic rings. The van der Waals surface area contributed by atoms with Crippen LogP contribution in [0.15, 0.2) is 34.9 Å². The lowest BCUT2D eigenvalue weighted by Gasteiger charge is -2.00. The Kier molecular flexibility index (Phi) is 1.99. The highest BCUT2D eigenvalue weighted by molar-refractivity contribution is 9.10. The molecule has 1 aromatic heterocycles. The summed E-state index contributed by atoms with van der Waals surface area (Å²) >= 11 is 3.38. The van der Waals surface area contributed by atoms with Gasteiger partial charge in [-0.05, 0) is 34.1 Å². The van der Waals surface area contributed by atoms with Crippen LogP contribution in [-0.4, -0.2) is 4.98 Å². The Labute approximate surface area is 84.0 Å². The Balaban J connectivity index is 2.89. The maximum Gasteiger partial charge on any atom is 0.100 e. The molecule has 1 heterocycles. The van der Waals surface area contributed by atoms with E-state index >= 15 is 0 Å². The fourth-order valence-corrected chi connectivity index (χ4v) is 1.76. The van der Waals surface area contributed by atoms with Crippen molar-refractivity contribution in [3.63, 3.8) is 0 Å². The van der Waals surface area contributed by atoms with Gasteiger partial charge in [0.15, 0.2) is 0 Å². The van der Waals surface area contributed by atoms with E-state index < -0.39 is 0 Å². The first-order valence-electron chi connectivity index (χ1n) is 3.76. The normalized spacial score (nSPS) is 9.85. The van der Waals surface area contributed by atoms with Crippen LogP contribution in [0.2, 0.25) is 0 Å². The molecule has 0 aliphatic rings. The number of nitrogens with zero attached hydrogens (tertiary/aromatic N) is 2. The third kappa shape index (κ3) is 1.30. The van der Waals surface area contributed by atoms with E-state index in [0.717, 1.165) is 15.4 Å². The smallest absolute Gasteiger partial charge is 0.100 e. The van der Waals surface area contributed by atoms with E-state index in [1.165, 1.54) is 0 Å². The topological polar surface area (TPSA) is 36.7 Å². The standard InChI is InChI=1S/C10H5BrN2/c11-10-7(6-12)3-4-9-8(10)2-1-5-13-9/h1-5H. The number of halogens is 1. The molecule has 0 radical (unpaired) electrons. The molecule has 13 heavy (non-hydrogen) atoms. The maximum atomic E-state index is 8.78. The molecule has 0 spiro atoms. The number of benzene rings is 1. The minimum Gasteiger partial charge on any atom is -0.256 e. The van der Waals surface area contributed by atoms with Crippen LogP contribution in [0.3, 0.4) is 0 Å². The van der Waals surface area contributed by atoms with E-state index in [1.54, 1.807) is 12.3 Å². The van der Waals surface area contributed by atoms with Gasteiger partial charge in [-0.1, -0.05) is 6.07 Å². The molecule has 2 nitrogen and oxygen atoms in total. The number of fused-ring (bicyclic) bond motifs is 1. The molecule has 0 saturated heterocycles. The molecule has 0 saturated carbocycles. The van der Waals surface area contributed by atoms with Gasteiger partial charge in [0.05, 0.1) is 11.1 Å². The summed E-state index contributed by atoms with van der Waals surface area (Å²) in [6, 6.07) is 9.52. The van der Waals surface area contributed by atoms with Gasteiger partial charge in [-0.2, -0.15) is 5.26 Å². The molecule has 0 N–H and O–H groups in total. The molecule has 0 fully saturated rings. The second-order valence-corrected chi connectivity index (χ2v) is 3.40. The lowest BCUT2D eigenvalue weighted by molar-refractivity contribution is 1.40. The molecule has 0 bridgehead atoms. The zero-order valence-electron chi connectivity index (χ0n) is 6.66. The maximum absolute atomic E-state index is 8.78. The van der Waals surface area contributed by atoms with Crippen molar-refractivity contribution < 1.29 is 0 Å². The summed E-state index contributed by atoms with van der Waals surface area (Å²) in [7, 11) is 0. The van der Waals surface area contributed by atoms with E-state index in [-0.39, 0.29) is 0 Å². The number of aromatic nitrogens is 1. The monoisotopic (exact) mass is 232 g/mol.